The van der Waals surface area contributed by atoms with Gasteiger partial charge in [0, 0.05) is 12.1 Å². The van der Waals surface area contributed by atoms with Crippen LogP contribution in [0.2, 0.25) is 5.02 Å². The Hall–Kier alpha value is -1.26. The lowest BCUT2D eigenvalue weighted by Gasteiger charge is -2.10. The van der Waals surface area contributed by atoms with Crippen LogP contribution in [0.15, 0.2) is 24.3 Å². The highest BCUT2D eigenvalue weighted by molar-refractivity contribution is 6.30. The van der Waals surface area contributed by atoms with Gasteiger partial charge in [0.2, 0.25) is 5.91 Å². The molecule has 0 fully saturated rings. The maximum Gasteiger partial charge on any atom is 0.239 e. The van der Waals surface area contributed by atoms with Gasteiger partial charge in [-0.15, -0.1) is 0 Å². The van der Waals surface area contributed by atoms with Crippen LogP contribution in [-0.2, 0) is 4.79 Å². The zero-order chi connectivity index (χ0) is 11.3. The number of hydrogen-bond donors (Lipinski definition) is 1. The maximum atomic E-state index is 11.1. The molecule has 0 aliphatic rings. The van der Waals surface area contributed by atoms with Crippen LogP contribution in [0.3, 0.4) is 0 Å². The summed E-state index contributed by atoms with van der Waals surface area (Å²) in [4.78, 5) is 11.1. The standard InChI is InChI=1S/C10H13ClN2O2/c1-13(12)10(14)6-7-15-9-4-2-8(11)3-5-9/h2-5H,6-7,12H2,1H3. The predicted octanol–water partition coefficient (Wildman–Crippen LogP) is 1.44. The van der Waals surface area contributed by atoms with Crippen molar-refractivity contribution >= 4 is 17.5 Å². The third-order valence-electron chi connectivity index (χ3n) is 1.79. The van der Waals surface area contributed by atoms with E-state index in [-0.39, 0.29) is 12.3 Å². The van der Waals surface area contributed by atoms with Gasteiger partial charge in [-0.1, -0.05) is 11.6 Å². The lowest BCUT2D eigenvalue weighted by molar-refractivity contribution is -0.130. The first-order chi connectivity index (χ1) is 7.09. The van der Waals surface area contributed by atoms with E-state index < -0.39 is 0 Å². The van der Waals surface area contributed by atoms with Crippen LogP contribution in [0.4, 0.5) is 0 Å². The van der Waals surface area contributed by atoms with Crippen LogP contribution < -0.4 is 10.6 Å². The molecule has 0 unspecified atom stereocenters. The van der Waals surface area contributed by atoms with Crippen LogP contribution in [0.25, 0.3) is 0 Å². The molecule has 0 spiro atoms. The van der Waals surface area contributed by atoms with E-state index >= 15 is 0 Å². The molecule has 1 aromatic rings. The van der Waals surface area contributed by atoms with Crippen molar-refractivity contribution in [1.82, 2.24) is 5.01 Å². The average Bonchev–Trinajstić information content (AvgIpc) is 2.20. The van der Waals surface area contributed by atoms with Gasteiger partial charge in [0.05, 0.1) is 13.0 Å². The molecule has 4 nitrogen and oxygen atoms in total. The van der Waals surface area contributed by atoms with Gasteiger partial charge in [-0.05, 0) is 24.3 Å². The topological polar surface area (TPSA) is 55.6 Å². The van der Waals surface area contributed by atoms with Gasteiger partial charge in [-0.25, -0.2) is 5.84 Å². The molecule has 1 amide bonds. The molecule has 15 heavy (non-hydrogen) atoms. The summed E-state index contributed by atoms with van der Waals surface area (Å²) in [5, 5.41) is 1.70. The Kier molecular flexibility index (Phi) is 4.39. The number of hydrogen-bond acceptors (Lipinski definition) is 3. The largest absolute Gasteiger partial charge is 0.493 e. The van der Waals surface area contributed by atoms with Gasteiger partial charge >= 0.3 is 0 Å². The molecule has 0 aromatic heterocycles. The molecule has 0 aliphatic heterocycles. The Bertz CT molecular complexity index is 325. The molecule has 1 aromatic carbocycles. The first-order valence-electron chi connectivity index (χ1n) is 4.49. The summed E-state index contributed by atoms with van der Waals surface area (Å²) in [5.74, 6) is 5.77. The fourth-order valence-electron chi connectivity index (χ4n) is 0.963. The van der Waals surface area contributed by atoms with E-state index in [1.54, 1.807) is 24.3 Å². The molecule has 82 valence electrons. The lowest BCUT2D eigenvalue weighted by Crippen LogP contribution is -2.33. The molecule has 5 heteroatoms. The summed E-state index contributed by atoms with van der Waals surface area (Å²) in [6.45, 7) is 0.308. The van der Waals surface area contributed by atoms with Crippen LogP contribution in [-0.4, -0.2) is 24.6 Å². The second-order valence-corrected chi connectivity index (χ2v) is 3.49. The van der Waals surface area contributed by atoms with Crippen molar-refractivity contribution < 1.29 is 9.53 Å². The minimum absolute atomic E-state index is 0.163. The summed E-state index contributed by atoms with van der Waals surface area (Å²) in [7, 11) is 1.50. The molecule has 0 heterocycles. The number of halogens is 1. The third-order valence-corrected chi connectivity index (χ3v) is 2.04. The van der Waals surface area contributed by atoms with Crippen LogP contribution in [0.5, 0.6) is 5.75 Å². The van der Waals surface area contributed by atoms with Crippen LogP contribution >= 0.6 is 11.6 Å². The van der Waals surface area contributed by atoms with Crippen molar-refractivity contribution in [3.63, 3.8) is 0 Å². The molecule has 0 saturated heterocycles. The van der Waals surface area contributed by atoms with Crippen molar-refractivity contribution in [3.8, 4) is 5.75 Å². The second-order valence-electron chi connectivity index (χ2n) is 3.06. The van der Waals surface area contributed by atoms with E-state index in [0.717, 1.165) is 5.01 Å². The molecule has 1 rings (SSSR count). The van der Waals surface area contributed by atoms with Gasteiger partial charge in [0.15, 0.2) is 0 Å². The van der Waals surface area contributed by atoms with E-state index in [0.29, 0.717) is 17.4 Å². The third kappa shape index (κ3) is 4.18. The molecule has 0 aliphatic carbocycles. The molecule has 0 bridgehead atoms. The minimum Gasteiger partial charge on any atom is -0.493 e. The Labute approximate surface area is 93.5 Å². The number of benzene rings is 1. The quantitative estimate of drug-likeness (QED) is 0.482. The molecule has 2 N–H and O–H groups in total. The summed E-state index contributed by atoms with van der Waals surface area (Å²) in [6, 6.07) is 6.96. The summed E-state index contributed by atoms with van der Waals surface area (Å²) in [6.07, 6.45) is 0.260. The fourth-order valence-corrected chi connectivity index (χ4v) is 1.09. The van der Waals surface area contributed by atoms with Crippen molar-refractivity contribution in [1.29, 1.82) is 0 Å². The van der Waals surface area contributed by atoms with Crippen LogP contribution in [0.1, 0.15) is 6.42 Å². The number of carbonyl (C=O) groups excluding carboxylic acids is 1. The summed E-state index contributed by atoms with van der Waals surface area (Å²) in [5.41, 5.74) is 0. The monoisotopic (exact) mass is 228 g/mol. The number of amides is 1. The number of nitrogens with two attached hydrogens (primary N) is 1. The predicted molar refractivity (Wildman–Crippen MR) is 58.5 cm³/mol. The number of rotatable bonds is 4. The number of ether oxygens (including phenoxy) is 1. The molecule has 0 atom stereocenters. The van der Waals surface area contributed by atoms with E-state index in [9.17, 15) is 4.79 Å². The van der Waals surface area contributed by atoms with E-state index in [4.69, 9.17) is 22.2 Å². The van der Waals surface area contributed by atoms with Crippen molar-refractivity contribution in [2.24, 2.45) is 5.84 Å². The van der Waals surface area contributed by atoms with Gasteiger partial charge in [-0.3, -0.25) is 9.80 Å². The lowest BCUT2D eigenvalue weighted by atomic mass is 10.3. The number of nitrogens with zero attached hydrogens (tertiary/aromatic N) is 1. The maximum absolute atomic E-state index is 11.1. The average molecular weight is 229 g/mol. The highest BCUT2D eigenvalue weighted by Crippen LogP contribution is 2.15. The van der Waals surface area contributed by atoms with Crippen molar-refractivity contribution in [3.05, 3.63) is 29.3 Å². The van der Waals surface area contributed by atoms with Crippen LogP contribution in [0, 0.1) is 0 Å². The van der Waals surface area contributed by atoms with Gasteiger partial charge in [0.1, 0.15) is 5.75 Å². The zero-order valence-corrected chi connectivity index (χ0v) is 9.20. The summed E-state index contributed by atoms with van der Waals surface area (Å²) >= 11 is 5.70. The number of carbonyl (C=O) groups is 1. The smallest absolute Gasteiger partial charge is 0.239 e. The van der Waals surface area contributed by atoms with E-state index in [1.165, 1.54) is 7.05 Å². The Balaban J connectivity index is 2.32. The Morgan fingerprint density at radius 3 is 2.60 bits per heavy atom. The minimum atomic E-state index is -0.163. The SMILES string of the molecule is CN(N)C(=O)CCOc1ccc(Cl)cc1. The molecule has 0 radical (unpaired) electrons. The molecular weight excluding hydrogens is 216 g/mol. The van der Waals surface area contributed by atoms with E-state index in [1.807, 2.05) is 0 Å². The van der Waals surface area contributed by atoms with Gasteiger partial charge in [0.25, 0.3) is 0 Å². The Morgan fingerprint density at radius 1 is 1.47 bits per heavy atom. The first kappa shape index (κ1) is 11.8. The van der Waals surface area contributed by atoms with Crippen molar-refractivity contribution in [2.45, 2.75) is 6.42 Å². The first-order valence-corrected chi connectivity index (χ1v) is 4.87. The molecule has 0 saturated carbocycles. The van der Waals surface area contributed by atoms with E-state index in [2.05, 4.69) is 0 Å². The number of hydrazine groups is 1. The zero-order valence-electron chi connectivity index (χ0n) is 8.44. The van der Waals surface area contributed by atoms with Gasteiger partial charge in [-0.2, -0.15) is 0 Å². The normalized spacial score (nSPS) is 9.80. The molecular formula is C10H13ClN2O2. The fraction of sp³-hybridized carbons (Fsp3) is 0.300. The highest BCUT2D eigenvalue weighted by atomic mass is 35.5. The van der Waals surface area contributed by atoms with Gasteiger partial charge < -0.3 is 4.74 Å². The summed E-state index contributed by atoms with van der Waals surface area (Å²) < 4.78 is 5.32. The second kappa shape index (κ2) is 5.58. The highest BCUT2D eigenvalue weighted by Gasteiger charge is 2.04. The van der Waals surface area contributed by atoms with Crippen molar-refractivity contribution in [2.75, 3.05) is 13.7 Å². The Morgan fingerprint density at radius 2 is 2.07 bits per heavy atom.